The van der Waals surface area contributed by atoms with Crippen LogP contribution in [-0.2, 0) is 9.53 Å². The molecule has 1 aromatic rings. The Morgan fingerprint density at radius 1 is 1.33 bits per heavy atom. The Hall–Kier alpha value is -1.57. The molecule has 0 radical (unpaired) electrons. The van der Waals surface area contributed by atoms with E-state index in [1.807, 2.05) is 25.1 Å². The second-order valence-corrected chi connectivity index (χ2v) is 4.73. The zero-order valence-corrected chi connectivity index (χ0v) is 10.9. The van der Waals surface area contributed by atoms with Crippen molar-refractivity contribution in [3.05, 3.63) is 42.0 Å². The van der Waals surface area contributed by atoms with Crippen LogP contribution in [0.2, 0.25) is 0 Å². The smallest absolute Gasteiger partial charge is 0.306 e. The van der Waals surface area contributed by atoms with Gasteiger partial charge < -0.3 is 4.74 Å². The van der Waals surface area contributed by atoms with Crippen LogP contribution >= 0.6 is 0 Å². The Morgan fingerprint density at radius 2 is 2.11 bits per heavy atom. The first-order valence-electron chi connectivity index (χ1n) is 6.75. The van der Waals surface area contributed by atoms with Crippen LogP contribution in [0, 0.1) is 0 Å². The average Bonchev–Trinajstić information content (AvgIpc) is 2.40. The summed E-state index contributed by atoms with van der Waals surface area (Å²) < 4.78 is 5.47. The topological polar surface area (TPSA) is 26.3 Å². The van der Waals surface area contributed by atoms with Gasteiger partial charge in [-0.2, -0.15) is 0 Å². The molecule has 0 fully saturated rings. The van der Waals surface area contributed by atoms with Crippen molar-refractivity contribution in [2.45, 2.75) is 45.1 Å². The summed E-state index contributed by atoms with van der Waals surface area (Å²) in [5.74, 6) is -0.0759. The molecule has 0 spiro atoms. The first-order chi connectivity index (χ1) is 8.79. The standard InChI is InChI=1S/C16H20O2/c1-2-7-16(17)18-15-11-6-10-14(12-15)13-8-4-3-5-9-13/h3-5,8-9,12,15H,2,6-7,10-11H2,1H3. The van der Waals surface area contributed by atoms with Crippen molar-refractivity contribution in [2.24, 2.45) is 0 Å². The largest absolute Gasteiger partial charge is 0.458 e. The van der Waals surface area contributed by atoms with E-state index < -0.39 is 0 Å². The molecule has 96 valence electrons. The van der Waals surface area contributed by atoms with E-state index in [9.17, 15) is 4.79 Å². The fourth-order valence-electron chi connectivity index (χ4n) is 2.30. The lowest BCUT2D eigenvalue weighted by atomic mass is 9.92. The number of hydrogen-bond acceptors (Lipinski definition) is 2. The highest BCUT2D eigenvalue weighted by molar-refractivity contribution is 5.71. The molecule has 2 rings (SSSR count). The van der Waals surface area contributed by atoms with Crippen LogP contribution in [-0.4, -0.2) is 12.1 Å². The second kappa shape index (κ2) is 6.39. The van der Waals surface area contributed by atoms with E-state index in [4.69, 9.17) is 4.74 Å². The number of benzene rings is 1. The lowest BCUT2D eigenvalue weighted by molar-refractivity contribution is -0.147. The Bertz CT molecular complexity index is 420. The molecule has 2 nitrogen and oxygen atoms in total. The zero-order valence-electron chi connectivity index (χ0n) is 10.9. The van der Waals surface area contributed by atoms with Gasteiger partial charge in [0.25, 0.3) is 0 Å². The minimum absolute atomic E-state index is 0.0343. The van der Waals surface area contributed by atoms with Gasteiger partial charge in [-0.1, -0.05) is 37.3 Å². The highest BCUT2D eigenvalue weighted by Crippen LogP contribution is 2.28. The number of ether oxygens (including phenoxy) is 1. The van der Waals surface area contributed by atoms with Gasteiger partial charge in [-0.15, -0.1) is 0 Å². The van der Waals surface area contributed by atoms with Gasteiger partial charge in [0.2, 0.25) is 0 Å². The molecule has 18 heavy (non-hydrogen) atoms. The van der Waals surface area contributed by atoms with Gasteiger partial charge in [0.05, 0.1) is 0 Å². The summed E-state index contributed by atoms with van der Waals surface area (Å²) in [5.41, 5.74) is 2.55. The predicted molar refractivity (Wildman–Crippen MR) is 73.1 cm³/mol. The summed E-state index contributed by atoms with van der Waals surface area (Å²) in [5, 5.41) is 0. The van der Waals surface area contributed by atoms with E-state index >= 15 is 0 Å². The van der Waals surface area contributed by atoms with E-state index in [-0.39, 0.29) is 12.1 Å². The molecular weight excluding hydrogens is 224 g/mol. The summed E-state index contributed by atoms with van der Waals surface area (Å²) in [4.78, 5) is 11.5. The van der Waals surface area contributed by atoms with E-state index in [0.717, 1.165) is 25.7 Å². The maximum Gasteiger partial charge on any atom is 0.306 e. The van der Waals surface area contributed by atoms with Crippen molar-refractivity contribution < 1.29 is 9.53 Å². The van der Waals surface area contributed by atoms with Crippen molar-refractivity contribution in [3.8, 4) is 0 Å². The number of rotatable bonds is 4. The third-order valence-electron chi connectivity index (χ3n) is 3.20. The van der Waals surface area contributed by atoms with Gasteiger partial charge in [0.1, 0.15) is 6.10 Å². The number of hydrogen-bond donors (Lipinski definition) is 0. The van der Waals surface area contributed by atoms with Gasteiger partial charge >= 0.3 is 5.97 Å². The molecule has 0 saturated carbocycles. The molecule has 1 unspecified atom stereocenters. The van der Waals surface area contributed by atoms with Crippen LogP contribution in [0.15, 0.2) is 36.4 Å². The maximum atomic E-state index is 11.5. The van der Waals surface area contributed by atoms with Crippen LogP contribution in [0.1, 0.15) is 44.6 Å². The molecule has 0 bridgehead atoms. The summed E-state index contributed by atoms with van der Waals surface area (Å²) in [6, 6.07) is 10.3. The predicted octanol–water partition coefficient (Wildman–Crippen LogP) is 3.97. The Kier molecular flexibility index (Phi) is 4.57. The van der Waals surface area contributed by atoms with Crippen molar-refractivity contribution >= 4 is 11.5 Å². The molecule has 1 aliphatic carbocycles. The van der Waals surface area contributed by atoms with Crippen molar-refractivity contribution in [3.63, 3.8) is 0 Å². The van der Waals surface area contributed by atoms with E-state index in [0.29, 0.717) is 6.42 Å². The fraction of sp³-hybridized carbons (Fsp3) is 0.438. The van der Waals surface area contributed by atoms with Gasteiger partial charge in [0, 0.05) is 6.42 Å². The first-order valence-corrected chi connectivity index (χ1v) is 6.75. The summed E-state index contributed by atoms with van der Waals surface area (Å²) >= 11 is 0. The molecule has 0 saturated heterocycles. The molecule has 0 N–H and O–H groups in total. The van der Waals surface area contributed by atoms with Gasteiger partial charge in [-0.3, -0.25) is 4.79 Å². The summed E-state index contributed by atoms with van der Waals surface area (Å²) in [6.45, 7) is 1.99. The summed E-state index contributed by atoms with van der Waals surface area (Å²) in [7, 11) is 0. The number of carbonyl (C=O) groups excluding carboxylic acids is 1. The maximum absolute atomic E-state index is 11.5. The zero-order chi connectivity index (χ0) is 12.8. The van der Waals surface area contributed by atoms with Gasteiger partial charge in [-0.25, -0.2) is 0 Å². The average molecular weight is 244 g/mol. The summed E-state index contributed by atoms with van der Waals surface area (Å²) in [6.07, 6.45) is 6.56. The Balaban J connectivity index is 2.04. The highest BCUT2D eigenvalue weighted by Gasteiger charge is 2.17. The fourth-order valence-corrected chi connectivity index (χ4v) is 2.30. The highest BCUT2D eigenvalue weighted by atomic mass is 16.5. The molecule has 1 aliphatic rings. The van der Waals surface area contributed by atoms with Crippen LogP contribution in [0.4, 0.5) is 0 Å². The third kappa shape index (κ3) is 3.46. The van der Waals surface area contributed by atoms with E-state index in [2.05, 4.69) is 18.2 Å². The first kappa shape index (κ1) is 12.9. The third-order valence-corrected chi connectivity index (χ3v) is 3.20. The van der Waals surface area contributed by atoms with Crippen LogP contribution in [0.25, 0.3) is 5.57 Å². The molecule has 0 amide bonds. The SMILES string of the molecule is CCCC(=O)OC1C=C(c2ccccc2)CCC1. The van der Waals surface area contributed by atoms with E-state index in [1.165, 1.54) is 11.1 Å². The molecule has 1 aromatic carbocycles. The van der Waals surface area contributed by atoms with Crippen LogP contribution in [0.5, 0.6) is 0 Å². The van der Waals surface area contributed by atoms with E-state index in [1.54, 1.807) is 0 Å². The van der Waals surface area contributed by atoms with Gasteiger partial charge in [-0.05, 0) is 42.9 Å². The number of allylic oxidation sites excluding steroid dienone is 1. The molecule has 2 heteroatoms. The van der Waals surface area contributed by atoms with Gasteiger partial charge in [0.15, 0.2) is 0 Å². The molecule has 0 aliphatic heterocycles. The Labute approximate surface area is 109 Å². The Morgan fingerprint density at radius 3 is 2.83 bits per heavy atom. The minimum atomic E-state index is -0.0759. The normalized spacial score (nSPS) is 19.2. The van der Waals surface area contributed by atoms with Crippen LogP contribution < -0.4 is 0 Å². The van der Waals surface area contributed by atoms with Crippen molar-refractivity contribution in [1.29, 1.82) is 0 Å². The number of carbonyl (C=O) groups is 1. The molecular formula is C16H20O2. The van der Waals surface area contributed by atoms with Crippen LogP contribution in [0.3, 0.4) is 0 Å². The van der Waals surface area contributed by atoms with Crippen molar-refractivity contribution in [1.82, 2.24) is 0 Å². The molecule has 0 heterocycles. The minimum Gasteiger partial charge on any atom is -0.458 e. The van der Waals surface area contributed by atoms with Crippen molar-refractivity contribution in [2.75, 3.05) is 0 Å². The second-order valence-electron chi connectivity index (χ2n) is 4.73. The monoisotopic (exact) mass is 244 g/mol. The quantitative estimate of drug-likeness (QED) is 0.749. The molecule has 0 aromatic heterocycles. The molecule has 1 atom stereocenters. The lowest BCUT2D eigenvalue weighted by Crippen LogP contribution is -2.18. The number of esters is 1. The lowest BCUT2D eigenvalue weighted by Gasteiger charge is -2.21.